The quantitative estimate of drug-likeness (QED) is 0.152. The van der Waals surface area contributed by atoms with Crippen LogP contribution in [-0.2, 0) is 0 Å². The Labute approximate surface area is 337 Å². The van der Waals surface area contributed by atoms with Crippen molar-refractivity contribution in [3.05, 3.63) is 191 Å². The van der Waals surface area contributed by atoms with Gasteiger partial charge < -0.3 is 9.32 Å². The molecule has 0 amide bonds. The van der Waals surface area contributed by atoms with Gasteiger partial charge in [0.1, 0.15) is 5.58 Å². The average molecular weight is 761 g/mol. The molecule has 6 aromatic rings. The van der Waals surface area contributed by atoms with Crippen molar-refractivity contribution in [1.29, 1.82) is 0 Å². The highest BCUT2D eigenvalue weighted by atomic mass is 32.2. The third-order valence-electron chi connectivity index (χ3n) is 13.2. The fourth-order valence-corrected chi connectivity index (χ4v) is 12.1. The van der Waals surface area contributed by atoms with Crippen molar-refractivity contribution < 1.29 is 4.42 Å². The smallest absolute Gasteiger partial charge is 0.159 e. The van der Waals surface area contributed by atoms with Gasteiger partial charge in [-0.05, 0) is 82.8 Å². The summed E-state index contributed by atoms with van der Waals surface area (Å²) in [5, 5.41) is 14.7. The molecule has 0 bridgehead atoms. The number of anilines is 2. The predicted molar refractivity (Wildman–Crippen MR) is 235 cm³/mol. The van der Waals surface area contributed by atoms with Crippen molar-refractivity contribution in [2.24, 2.45) is 0 Å². The van der Waals surface area contributed by atoms with Gasteiger partial charge in [-0.25, -0.2) is 0 Å². The molecule has 1 fully saturated rings. The van der Waals surface area contributed by atoms with E-state index in [2.05, 4.69) is 190 Å². The van der Waals surface area contributed by atoms with E-state index in [1.54, 1.807) is 5.56 Å². The van der Waals surface area contributed by atoms with Crippen LogP contribution < -0.4 is 20.9 Å². The Morgan fingerprint density at radius 1 is 0.667 bits per heavy atom. The van der Waals surface area contributed by atoms with Crippen LogP contribution in [0.2, 0.25) is 0 Å². The first kappa shape index (κ1) is 33.7. The maximum absolute atomic E-state index is 7.01. The summed E-state index contributed by atoms with van der Waals surface area (Å²) in [4.78, 5) is 4.08. The van der Waals surface area contributed by atoms with E-state index in [1.165, 1.54) is 56.8 Å². The normalized spacial score (nSPS) is 27.2. The van der Waals surface area contributed by atoms with Gasteiger partial charge in [0.15, 0.2) is 5.58 Å². The Morgan fingerprint density at radius 3 is 2.37 bits per heavy atom. The molecular formula is C51H44N4OS. The van der Waals surface area contributed by atoms with E-state index in [-0.39, 0.29) is 24.5 Å². The van der Waals surface area contributed by atoms with Crippen molar-refractivity contribution in [1.82, 2.24) is 16.0 Å². The SMILES string of the molecule is C1=CC2c3c(ccc4c3SC3C=CCCC43)N(c3cccc4c3oc3cccc(C5NC(C6=CC=C(c7ccccc7)CC6)NC(c6ccccc6)N5)c34)C2C=C1. The molecule has 12 rings (SSSR count). The van der Waals surface area contributed by atoms with Gasteiger partial charge in [0, 0.05) is 38.4 Å². The van der Waals surface area contributed by atoms with Crippen molar-refractivity contribution in [2.75, 3.05) is 4.90 Å². The predicted octanol–water partition coefficient (Wildman–Crippen LogP) is 11.8. The lowest BCUT2D eigenvalue weighted by Gasteiger charge is -2.41. The number of rotatable bonds is 5. The van der Waals surface area contributed by atoms with Crippen LogP contribution in [0.4, 0.5) is 11.4 Å². The molecule has 3 N–H and O–H groups in total. The molecule has 1 aromatic heterocycles. The first-order valence-corrected chi connectivity index (χ1v) is 21.5. The lowest BCUT2D eigenvalue weighted by atomic mass is 9.84. The van der Waals surface area contributed by atoms with E-state index >= 15 is 0 Å². The molecule has 3 aliphatic carbocycles. The molecule has 3 aliphatic heterocycles. The number of thioether (sulfide) groups is 1. The minimum Gasteiger partial charge on any atom is -0.454 e. The molecular weight excluding hydrogens is 717 g/mol. The van der Waals surface area contributed by atoms with Gasteiger partial charge in [0.25, 0.3) is 0 Å². The number of hydrogen-bond donors (Lipinski definition) is 3. The Kier molecular flexibility index (Phi) is 8.07. The zero-order valence-corrected chi connectivity index (χ0v) is 32.5. The molecule has 6 heteroatoms. The fourth-order valence-electron chi connectivity index (χ4n) is 10.5. The molecule has 6 aliphatic rings. The summed E-state index contributed by atoms with van der Waals surface area (Å²) in [6.07, 6.45) is 23.0. The van der Waals surface area contributed by atoms with Crippen LogP contribution in [0.15, 0.2) is 173 Å². The number of nitrogens with one attached hydrogen (secondary N) is 3. The summed E-state index contributed by atoms with van der Waals surface area (Å²) >= 11 is 2.09. The standard InChI is InChI=1S/C51H44N4OS/c1-3-13-31(14-4-1)32-25-27-34(28-26-32)50-52-49(33-15-5-2-6-16-33)53-51(54-50)39-20-12-23-43-45(39)38-19-11-22-42(47(38)56-43)55-40-21-9-7-18-37(40)46-41(55)30-29-36-35-17-8-10-24-44(35)57-48(36)46/h1-7,9-16,18-25,27,29-30,35,37,40,44,49-54H,8,17,26,28H2. The minimum absolute atomic E-state index is 0.0119. The molecule has 57 heavy (non-hydrogen) atoms. The summed E-state index contributed by atoms with van der Waals surface area (Å²) in [6, 6.07) is 39.9. The van der Waals surface area contributed by atoms with E-state index in [0.717, 1.165) is 40.5 Å². The van der Waals surface area contributed by atoms with Gasteiger partial charge in [-0.3, -0.25) is 16.0 Å². The minimum atomic E-state index is -0.129. The third kappa shape index (κ3) is 5.49. The van der Waals surface area contributed by atoms with E-state index in [9.17, 15) is 0 Å². The van der Waals surface area contributed by atoms with E-state index in [4.69, 9.17) is 4.42 Å². The first-order valence-electron chi connectivity index (χ1n) is 20.6. The second-order valence-corrected chi connectivity index (χ2v) is 17.4. The Morgan fingerprint density at radius 2 is 1.49 bits per heavy atom. The van der Waals surface area contributed by atoms with Crippen LogP contribution in [0.1, 0.15) is 77.7 Å². The summed E-state index contributed by atoms with van der Waals surface area (Å²) < 4.78 is 7.01. The molecule has 5 aromatic carbocycles. The maximum Gasteiger partial charge on any atom is 0.159 e. The van der Waals surface area contributed by atoms with Gasteiger partial charge in [0.05, 0.1) is 30.2 Å². The highest BCUT2D eigenvalue weighted by molar-refractivity contribution is 8.00. The second kappa shape index (κ2) is 13.6. The average Bonchev–Trinajstić information content (AvgIpc) is 3.97. The molecule has 7 unspecified atom stereocenters. The summed E-state index contributed by atoms with van der Waals surface area (Å²) in [5.41, 5.74) is 13.8. The van der Waals surface area contributed by atoms with Crippen LogP contribution in [0, 0.1) is 0 Å². The van der Waals surface area contributed by atoms with Crippen LogP contribution in [0.25, 0.3) is 27.5 Å². The largest absolute Gasteiger partial charge is 0.454 e. The van der Waals surface area contributed by atoms with Crippen molar-refractivity contribution in [3.8, 4) is 0 Å². The highest BCUT2D eigenvalue weighted by Crippen LogP contribution is 2.59. The van der Waals surface area contributed by atoms with Gasteiger partial charge in [-0.1, -0.05) is 140 Å². The lowest BCUT2D eigenvalue weighted by Crippen LogP contribution is -2.59. The summed E-state index contributed by atoms with van der Waals surface area (Å²) in [5.74, 6) is 0.915. The molecule has 0 saturated carbocycles. The number of allylic oxidation sites excluding steroid dienone is 6. The molecule has 7 atom stereocenters. The van der Waals surface area contributed by atoms with Gasteiger partial charge >= 0.3 is 0 Å². The van der Waals surface area contributed by atoms with Crippen LogP contribution in [-0.4, -0.2) is 17.5 Å². The molecule has 4 heterocycles. The zero-order valence-electron chi connectivity index (χ0n) is 31.6. The van der Waals surface area contributed by atoms with Crippen molar-refractivity contribution >= 4 is 50.6 Å². The Bertz CT molecular complexity index is 2710. The Balaban J connectivity index is 0.952. The van der Waals surface area contributed by atoms with Gasteiger partial charge in [-0.2, -0.15) is 0 Å². The summed E-state index contributed by atoms with van der Waals surface area (Å²) in [7, 11) is 0. The number of nitrogens with zero attached hydrogens (tertiary/aromatic N) is 1. The zero-order chi connectivity index (χ0) is 37.5. The second-order valence-electron chi connectivity index (χ2n) is 16.3. The van der Waals surface area contributed by atoms with E-state index in [1.807, 2.05) is 0 Å². The molecule has 0 radical (unpaired) electrons. The molecule has 1 saturated heterocycles. The topological polar surface area (TPSA) is 52.5 Å². The van der Waals surface area contributed by atoms with Crippen LogP contribution in [0.5, 0.6) is 0 Å². The summed E-state index contributed by atoms with van der Waals surface area (Å²) in [6.45, 7) is 0. The third-order valence-corrected chi connectivity index (χ3v) is 14.6. The van der Waals surface area contributed by atoms with Gasteiger partial charge in [0.2, 0.25) is 0 Å². The molecule has 280 valence electrons. The van der Waals surface area contributed by atoms with Gasteiger partial charge in [-0.15, -0.1) is 11.8 Å². The van der Waals surface area contributed by atoms with Crippen LogP contribution >= 0.6 is 11.8 Å². The number of furan rings is 1. The fraction of sp³-hybridized carbons (Fsp3) is 0.216. The number of benzene rings is 5. The lowest BCUT2D eigenvalue weighted by molar-refractivity contribution is 0.220. The van der Waals surface area contributed by atoms with E-state index in [0.29, 0.717) is 17.1 Å². The first-order chi connectivity index (χ1) is 28.3. The van der Waals surface area contributed by atoms with Crippen LogP contribution in [0.3, 0.4) is 0 Å². The number of fused-ring (bicyclic) bond motifs is 10. The number of para-hydroxylation sites is 1. The van der Waals surface area contributed by atoms with Crippen molar-refractivity contribution in [3.63, 3.8) is 0 Å². The van der Waals surface area contributed by atoms with Crippen molar-refractivity contribution in [2.45, 2.75) is 72.2 Å². The highest BCUT2D eigenvalue weighted by Gasteiger charge is 2.45. The number of hydrogen-bond acceptors (Lipinski definition) is 6. The molecule has 5 nitrogen and oxygen atoms in total. The van der Waals surface area contributed by atoms with E-state index < -0.39 is 0 Å². The monoisotopic (exact) mass is 760 g/mol. The maximum atomic E-state index is 7.01. The Hall–Kier alpha value is -5.37. The molecule has 0 spiro atoms.